The number of amides is 1. The van der Waals surface area contributed by atoms with E-state index in [9.17, 15) is 9.18 Å². The van der Waals surface area contributed by atoms with E-state index in [1.807, 2.05) is 0 Å². The van der Waals surface area contributed by atoms with Crippen molar-refractivity contribution in [2.75, 3.05) is 11.1 Å². The zero-order chi connectivity index (χ0) is 14.0. The molecule has 3 nitrogen and oxygen atoms in total. The Kier molecular flexibility index (Phi) is 3.71. The lowest BCUT2D eigenvalue weighted by Gasteiger charge is -2.09. The van der Waals surface area contributed by atoms with Crippen molar-refractivity contribution in [1.82, 2.24) is 0 Å². The van der Waals surface area contributed by atoms with Crippen LogP contribution in [0.15, 0.2) is 36.4 Å². The van der Waals surface area contributed by atoms with Crippen LogP contribution in [0.25, 0.3) is 0 Å². The molecule has 0 atom stereocenters. The lowest BCUT2D eigenvalue weighted by molar-refractivity contribution is 0.102. The van der Waals surface area contributed by atoms with Gasteiger partial charge in [-0.3, -0.25) is 4.79 Å². The molecule has 0 bridgehead atoms. The predicted octanol–water partition coefficient (Wildman–Crippen LogP) is 3.62. The Hall–Kier alpha value is -2.07. The van der Waals surface area contributed by atoms with Crippen LogP contribution >= 0.6 is 11.6 Å². The average molecular weight is 279 g/mol. The summed E-state index contributed by atoms with van der Waals surface area (Å²) in [6, 6.07) is 8.99. The number of anilines is 2. The first-order valence-corrected chi connectivity index (χ1v) is 5.97. The molecule has 0 fully saturated rings. The third-order valence-corrected chi connectivity index (χ3v) is 2.91. The van der Waals surface area contributed by atoms with Gasteiger partial charge in [0.05, 0.1) is 5.56 Å². The van der Waals surface area contributed by atoms with Gasteiger partial charge in [0.15, 0.2) is 0 Å². The highest BCUT2D eigenvalue weighted by Gasteiger charge is 2.11. The molecule has 2 aromatic carbocycles. The molecule has 2 rings (SSSR count). The quantitative estimate of drug-likeness (QED) is 0.824. The molecule has 5 heteroatoms. The molecule has 0 saturated carbocycles. The second-order valence-electron chi connectivity index (χ2n) is 4.15. The number of carbonyl (C=O) groups is 1. The van der Waals surface area contributed by atoms with Gasteiger partial charge in [0, 0.05) is 16.4 Å². The number of carbonyl (C=O) groups excluding carboxylic acids is 1. The molecule has 1 amide bonds. The molecule has 0 aliphatic rings. The van der Waals surface area contributed by atoms with Crippen LogP contribution in [0.4, 0.5) is 15.8 Å². The van der Waals surface area contributed by atoms with Gasteiger partial charge in [-0.15, -0.1) is 0 Å². The number of hydrogen-bond donors (Lipinski definition) is 2. The number of nitrogens with one attached hydrogen (secondary N) is 1. The van der Waals surface area contributed by atoms with E-state index in [4.69, 9.17) is 17.3 Å². The third-order valence-electron chi connectivity index (χ3n) is 2.68. The van der Waals surface area contributed by atoms with E-state index in [1.165, 1.54) is 18.2 Å². The Morgan fingerprint density at radius 3 is 2.68 bits per heavy atom. The molecule has 0 aromatic heterocycles. The number of hydrogen-bond acceptors (Lipinski definition) is 2. The molecule has 19 heavy (non-hydrogen) atoms. The second-order valence-corrected chi connectivity index (χ2v) is 4.59. The molecule has 0 aliphatic carbocycles. The maximum atomic E-state index is 13.1. The molecule has 2 aromatic rings. The minimum absolute atomic E-state index is 0.287. The van der Waals surface area contributed by atoms with Gasteiger partial charge in [-0.05, 0) is 48.9 Å². The molecule has 0 spiro atoms. The number of rotatable bonds is 2. The fourth-order valence-corrected chi connectivity index (χ4v) is 1.82. The number of aryl methyl sites for hydroxylation is 1. The SMILES string of the molecule is Cc1cc(NC(=O)c2cc(Cl)ccc2N)ccc1F. The van der Waals surface area contributed by atoms with Crippen molar-refractivity contribution in [1.29, 1.82) is 0 Å². The smallest absolute Gasteiger partial charge is 0.257 e. The summed E-state index contributed by atoms with van der Waals surface area (Å²) in [5.41, 5.74) is 7.30. The number of benzene rings is 2. The number of halogens is 2. The van der Waals surface area contributed by atoms with Crippen molar-refractivity contribution >= 4 is 28.9 Å². The average Bonchev–Trinajstić information content (AvgIpc) is 2.36. The van der Waals surface area contributed by atoms with Gasteiger partial charge in [0.1, 0.15) is 5.82 Å². The highest BCUT2D eigenvalue weighted by molar-refractivity contribution is 6.31. The first kappa shape index (κ1) is 13.4. The first-order valence-electron chi connectivity index (χ1n) is 5.60. The van der Waals surface area contributed by atoms with E-state index < -0.39 is 0 Å². The van der Waals surface area contributed by atoms with Crippen LogP contribution in [0.2, 0.25) is 5.02 Å². The van der Waals surface area contributed by atoms with Crippen molar-refractivity contribution in [2.24, 2.45) is 0 Å². The zero-order valence-corrected chi connectivity index (χ0v) is 11.0. The molecular formula is C14H12ClFN2O. The predicted molar refractivity (Wildman–Crippen MR) is 75.0 cm³/mol. The fourth-order valence-electron chi connectivity index (χ4n) is 1.65. The van der Waals surface area contributed by atoms with E-state index in [2.05, 4.69) is 5.32 Å². The van der Waals surface area contributed by atoms with Gasteiger partial charge in [-0.2, -0.15) is 0 Å². The summed E-state index contributed by atoms with van der Waals surface area (Å²) in [6.45, 7) is 1.62. The Labute approximate surface area is 115 Å². The lowest BCUT2D eigenvalue weighted by Crippen LogP contribution is -2.14. The van der Waals surface area contributed by atoms with Crippen LogP contribution in [0.1, 0.15) is 15.9 Å². The molecule has 0 radical (unpaired) electrons. The molecule has 0 aliphatic heterocycles. The molecule has 98 valence electrons. The zero-order valence-electron chi connectivity index (χ0n) is 10.2. The van der Waals surface area contributed by atoms with Gasteiger partial charge in [-0.25, -0.2) is 4.39 Å². The van der Waals surface area contributed by atoms with Crippen molar-refractivity contribution in [2.45, 2.75) is 6.92 Å². The van der Waals surface area contributed by atoms with Crippen LogP contribution in [-0.4, -0.2) is 5.91 Å². The first-order chi connectivity index (χ1) is 8.97. The van der Waals surface area contributed by atoms with Crippen molar-refractivity contribution < 1.29 is 9.18 Å². The Morgan fingerprint density at radius 1 is 1.26 bits per heavy atom. The molecule has 0 unspecified atom stereocenters. The van der Waals surface area contributed by atoms with Crippen molar-refractivity contribution in [3.8, 4) is 0 Å². The molecule has 3 N–H and O–H groups in total. The van der Waals surface area contributed by atoms with Gasteiger partial charge in [0.2, 0.25) is 0 Å². The maximum Gasteiger partial charge on any atom is 0.257 e. The van der Waals surface area contributed by atoms with Crippen molar-refractivity contribution in [3.63, 3.8) is 0 Å². The lowest BCUT2D eigenvalue weighted by atomic mass is 10.1. The summed E-state index contributed by atoms with van der Waals surface area (Å²) in [5.74, 6) is -0.703. The highest BCUT2D eigenvalue weighted by Crippen LogP contribution is 2.20. The number of nitrogens with two attached hydrogens (primary N) is 1. The van der Waals surface area contributed by atoms with Crippen molar-refractivity contribution in [3.05, 3.63) is 58.4 Å². The van der Waals surface area contributed by atoms with Crippen LogP contribution in [-0.2, 0) is 0 Å². The van der Waals surface area contributed by atoms with E-state index in [0.717, 1.165) is 0 Å². The summed E-state index contributed by atoms with van der Waals surface area (Å²) in [6.07, 6.45) is 0. The van der Waals surface area contributed by atoms with E-state index >= 15 is 0 Å². The summed E-state index contributed by atoms with van der Waals surface area (Å²) in [5, 5.41) is 3.08. The van der Waals surface area contributed by atoms with Gasteiger partial charge < -0.3 is 11.1 Å². The molecular weight excluding hydrogens is 267 g/mol. The fraction of sp³-hybridized carbons (Fsp3) is 0.0714. The van der Waals surface area contributed by atoms with Crippen LogP contribution in [0.5, 0.6) is 0 Å². The van der Waals surface area contributed by atoms with Gasteiger partial charge >= 0.3 is 0 Å². The van der Waals surface area contributed by atoms with E-state index in [-0.39, 0.29) is 17.3 Å². The normalized spacial score (nSPS) is 10.3. The van der Waals surface area contributed by atoms with E-state index in [0.29, 0.717) is 22.0 Å². The monoisotopic (exact) mass is 278 g/mol. The molecule has 0 heterocycles. The highest BCUT2D eigenvalue weighted by atomic mass is 35.5. The molecule has 0 saturated heterocycles. The standard InChI is InChI=1S/C14H12ClFN2O/c1-8-6-10(3-4-12(8)16)18-14(19)11-7-9(15)2-5-13(11)17/h2-7H,17H2,1H3,(H,18,19). The Balaban J connectivity index is 2.25. The van der Waals surface area contributed by atoms with Gasteiger partial charge in [-0.1, -0.05) is 11.6 Å². The maximum absolute atomic E-state index is 13.1. The van der Waals surface area contributed by atoms with Crippen LogP contribution < -0.4 is 11.1 Å². The van der Waals surface area contributed by atoms with Crippen LogP contribution in [0.3, 0.4) is 0 Å². The summed E-state index contributed by atoms with van der Waals surface area (Å²) < 4.78 is 13.1. The Morgan fingerprint density at radius 2 is 2.00 bits per heavy atom. The summed E-state index contributed by atoms with van der Waals surface area (Å²) in [4.78, 5) is 12.0. The number of nitrogen functional groups attached to an aromatic ring is 1. The topological polar surface area (TPSA) is 55.1 Å². The summed E-state index contributed by atoms with van der Waals surface area (Å²) >= 11 is 5.82. The second kappa shape index (κ2) is 5.28. The third kappa shape index (κ3) is 3.03. The van der Waals surface area contributed by atoms with Crippen LogP contribution in [0, 0.1) is 12.7 Å². The largest absolute Gasteiger partial charge is 0.398 e. The van der Waals surface area contributed by atoms with E-state index in [1.54, 1.807) is 25.1 Å². The minimum atomic E-state index is -0.383. The van der Waals surface area contributed by atoms with Gasteiger partial charge in [0.25, 0.3) is 5.91 Å². The minimum Gasteiger partial charge on any atom is -0.398 e. The summed E-state index contributed by atoms with van der Waals surface area (Å²) in [7, 11) is 0. The Bertz CT molecular complexity index is 643.